The molecule has 0 spiro atoms. The Morgan fingerprint density at radius 3 is 2.38 bits per heavy atom. The van der Waals surface area contributed by atoms with E-state index in [-0.39, 0.29) is 11.9 Å². The molecule has 0 rings (SSSR count). The van der Waals surface area contributed by atoms with Crippen molar-refractivity contribution in [3.63, 3.8) is 0 Å². The van der Waals surface area contributed by atoms with Gasteiger partial charge in [0.2, 0.25) is 0 Å². The Labute approximate surface area is 80.4 Å². The number of ether oxygens (including phenoxy) is 2. The monoisotopic (exact) mass is 188 g/mol. The molecule has 0 N–H and O–H groups in total. The van der Waals surface area contributed by atoms with E-state index in [2.05, 4.69) is 13.8 Å². The average molecular weight is 188 g/mol. The van der Waals surface area contributed by atoms with Gasteiger partial charge in [0.1, 0.15) is 0 Å². The number of rotatable bonds is 6. The molecular weight excluding hydrogens is 168 g/mol. The highest BCUT2D eigenvalue weighted by atomic mass is 16.5. The first-order valence-electron chi connectivity index (χ1n) is 4.77. The predicted molar refractivity (Wildman–Crippen MR) is 51.5 cm³/mol. The van der Waals surface area contributed by atoms with Crippen LogP contribution in [0.1, 0.15) is 27.2 Å². The molecule has 0 heterocycles. The standard InChI is InChI=1S/C10H20O3/c1-5-13-10(11)9(7-12-4)6-8(2)3/h8-9H,5-7H2,1-4H3. The van der Waals surface area contributed by atoms with E-state index >= 15 is 0 Å². The first-order chi connectivity index (χ1) is 6.11. The Hall–Kier alpha value is -0.570. The molecule has 0 aliphatic rings. The van der Waals surface area contributed by atoms with Gasteiger partial charge in [-0.15, -0.1) is 0 Å². The van der Waals surface area contributed by atoms with Crippen molar-refractivity contribution < 1.29 is 14.3 Å². The lowest BCUT2D eigenvalue weighted by Crippen LogP contribution is -2.23. The average Bonchev–Trinajstić information content (AvgIpc) is 2.03. The normalized spacial score (nSPS) is 13.0. The molecule has 78 valence electrons. The second-order valence-electron chi connectivity index (χ2n) is 3.53. The maximum atomic E-state index is 11.4. The van der Waals surface area contributed by atoms with Crippen LogP contribution < -0.4 is 0 Å². The second-order valence-corrected chi connectivity index (χ2v) is 3.53. The number of methoxy groups -OCH3 is 1. The zero-order chi connectivity index (χ0) is 10.3. The maximum absolute atomic E-state index is 11.4. The van der Waals surface area contributed by atoms with E-state index in [1.54, 1.807) is 7.11 Å². The summed E-state index contributed by atoms with van der Waals surface area (Å²) in [5, 5.41) is 0. The van der Waals surface area contributed by atoms with Crippen LogP contribution in [0.3, 0.4) is 0 Å². The number of esters is 1. The Morgan fingerprint density at radius 1 is 1.38 bits per heavy atom. The van der Waals surface area contributed by atoms with Crippen LogP contribution in [0.4, 0.5) is 0 Å². The van der Waals surface area contributed by atoms with Crippen molar-refractivity contribution in [1.82, 2.24) is 0 Å². The van der Waals surface area contributed by atoms with Crippen LogP contribution in [0.15, 0.2) is 0 Å². The molecule has 0 saturated heterocycles. The predicted octanol–water partition coefficient (Wildman–Crippen LogP) is 1.86. The van der Waals surface area contributed by atoms with Crippen LogP contribution in [0.25, 0.3) is 0 Å². The SMILES string of the molecule is CCOC(=O)C(COC)CC(C)C. The fourth-order valence-corrected chi connectivity index (χ4v) is 1.26. The lowest BCUT2D eigenvalue weighted by atomic mass is 9.98. The summed E-state index contributed by atoms with van der Waals surface area (Å²) in [6.45, 7) is 6.88. The first-order valence-corrected chi connectivity index (χ1v) is 4.77. The van der Waals surface area contributed by atoms with Crippen LogP contribution in [0.2, 0.25) is 0 Å². The van der Waals surface area contributed by atoms with Crippen molar-refractivity contribution in [1.29, 1.82) is 0 Å². The molecule has 1 unspecified atom stereocenters. The van der Waals surface area contributed by atoms with Crippen LogP contribution in [-0.2, 0) is 14.3 Å². The zero-order valence-electron chi connectivity index (χ0n) is 9.00. The molecule has 0 aliphatic heterocycles. The molecule has 0 saturated carbocycles. The molecule has 0 radical (unpaired) electrons. The summed E-state index contributed by atoms with van der Waals surface area (Å²) in [6.07, 6.45) is 0.826. The summed E-state index contributed by atoms with van der Waals surface area (Å²) in [5.41, 5.74) is 0. The minimum atomic E-state index is -0.141. The summed E-state index contributed by atoms with van der Waals surface area (Å²) in [6, 6.07) is 0. The molecule has 0 aliphatic carbocycles. The van der Waals surface area contributed by atoms with Crippen LogP contribution in [0, 0.1) is 11.8 Å². The van der Waals surface area contributed by atoms with Crippen molar-refractivity contribution in [3.05, 3.63) is 0 Å². The minimum Gasteiger partial charge on any atom is -0.466 e. The van der Waals surface area contributed by atoms with E-state index in [0.29, 0.717) is 19.1 Å². The fourth-order valence-electron chi connectivity index (χ4n) is 1.26. The summed E-state index contributed by atoms with van der Waals surface area (Å²) in [7, 11) is 1.60. The molecule has 0 amide bonds. The quantitative estimate of drug-likeness (QED) is 0.597. The van der Waals surface area contributed by atoms with Gasteiger partial charge in [-0.05, 0) is 19.3 Å². The highest BCUT2D eigenvalue weighted by Crippen LogP contribution is 2.13. The smallest absolute Gasteiger partial charge is 0.311 e. The Morgan fingerprint density at radius 2 is 2.00 bits per heavy atom. The molecular formula is C10H20O3. The van der Waals surface area contributed by atoms with Gasteiger partial charge in [0.25, 0.3) is 0 Å². The lowest BCUT2D eigenvalue weighted by Gasteiger charge is -2.16. The summed E-state index contributed by atoms with van der Waals surface area (Å²) >= 11 is 0. The van der Waals surface area contributed by atoms with Gasteiger partial charge in [-0.2, -0.15) is 0 Å². The number of hydrogen-bond donors (Lipinski definition) is 0. The first kappa shape index (κ1) is 12.4. The topological polar surface area (TPSA) is 35.5 Å². The third kappa shape index (κ3) is 5.64. The van der Waals surface area contributed by atoms with Gasteiger partial charge >= 0.3 is 5.97 Å². The van der Waals surface area contributed by atoms with Crippen LogP contribution in [-0.4, -0.2) is 26.3 Å². The van der Waals surface area contributed by atoms with Crippen molar-refractivity contribution in [2.45, 2.75) is 27.2 Å². The number of hydrogen-bond acceptors (Lipinski definition) is 3. The van der Waals surface area contributed by atoms with Gasteiger partial charge in [-0.1, -0.05) is 13.8 Å². The third-order valence-electron chi connectivity index (χ3n) is 1.74. The Bertz CT molecular complexity index is 143. The lowest BCUT2D eigenvalue weighted by molar-refractivity contribution is -0.150. The summed E-state index contributed by atoms with van der Waals surface area (Å²) in [5.74, 6) is 0.243. The molecule has 0 aromatic carbocycles. The van der Waals surface area contributed by atoms with E-state index < -0.39 is 0 Å². The molecule has 3 nitrogen and oxygen atoms in total. The van der Waals surface area contributed by atoms with Gasteiger partial charge in [0.05, 0.1) is 19.1 Å². The van der Waals surface area contributed by atoms with Crippen molar-refractivity contribution in [3.8, 4) is 0 Å². The number of carbonyl (C=O) groups excluding carboxylic acids is 1. The summed E-state index contributed by atoms with van der Waals surface area (Å²) < 4.78 is 9.91. The molecule has 3 heteroatoms. The third-order valence-corrected chi connectivity index (χ3v) is 1.74. The van der Waals surface area contributed by atoms with E-state index in [1.165, 1.54) is 0 Å². The Balaban J connectivity index is 3.98. The van der Waals surface area contributed by atoms with E-state index in [1.807, 2.05) is 6.92 Å². The minimum absolute atomic E-state index is 0.107. The molecule has 1 atom stereocenters. The van der Waals surface area contributed by atoms with Crippen LogP contribution in [0.5, 0.6) is 0 Å². The summed E-state index contributed by atoms with van der Waals surface area (Å²) in [4.78, 5) is 11.4. The highest BCUT2D eigenvalue weighted by Gasteiger charge is 2.20. The van der Waals surface area contributed by atoms with Gasteiger partial charge in [-0.25, -0.2) is 0 Å². The van der Waals surface area contributed by atoms with Crippen LogP contribution >= 0.6 is 0 Å². The largest absolute Gasteiger partial charge is 0.466 e. The maximum Gasteiger partial charge on any atom is 0.311 e. The van der Waals surface area contributed by atoms with E-state index in [0.717, 1.165) is 6.42 Å². The number of carbonyl (C=O) groups is 1. The Kier molecular flexibility index (Phi) is 6.59. The van der Waals surface area contributed by atoms with Gasteiger partial charge in [0.15, 0.2) is 0 Å². The second kappa shape index (κ2) is 6.89. The highest BCUT2D eigenvalue weighted by molar-refractivity contribution is 5.72. The van der Waals surface area contributed by atoms with Gasteiger partial charge < -0.3 is 9.47 Å². The molecule has 0 fully saturated rings. The molecule has 0 bridgehead atoms. The zero-order valence-corrected chi connectivity index (χ0v) is 9.00. The van der Waals surface area contributed by atoms with Crippen molar-refractivity contribution in [2.75, 3.05) is 20.3 Å². The van der Waals surface area contributed by atoms with Gasteiger partial charge in [-0.3, -0.25) is 4.79 Å². The van der Waals surface area contributed by atoms with E-state index in [4.69, 9.17) is 9.47 Å². The van der Waals surface area contributed by atoms with Crippen molar-refractivity contribution >= 4 is 5.97 Å². The van der Waals surface area contributed by atoms with Gasteiger partial charge in [0, 0.05) is 7.11 Å². The van der Waals surface area contributed by atoms with Crippen molar-refractivity contribution in [2.24, 2.45) is 11.8 Å². The fraction of sp³-hybridized carbons (Fsp3) is 0.900. The molecule has 0 aromatic rings. The van der Waals surface area contributed by atoms with E-state index in [9.17, 15) is 4.79 Å². The molecule has 13 heavy (non-hydrogen) atoms. The molecule has 0 aromatic heterocycles.